The monoisotopic (exact) mass is 308 g/mol. The number of carbonyl (C=O) groups is 1. The summed E-state index contributed by atoms with van der Waals surface area (Å²) >= 11 is 5.15. The lowest BCUT2D eigenvalue weighted by molar-refractivity contribution is 0.0905. The summed E-state index contributed by atoms with van der Waals surface area (Å²) in [6.07, 6.45) is 4.53. The van der Waals surface area contributed by atoms with Crippen molar-refractivity contribution in [1.29, 1.82) is 0 Å². The van der Waals surface area contributed by atoms with Crippen LogP contribution in [0.2, 0.25) is 0 Å². The van der Waals surface area contributed by atoms with Crippen molar-refractivity contribution in [3.8, 4) is 11.5 Å². The van der Waals surface area contributed by atoms with E-state index in [2.05, 4.69) is 5.32 Å². The van der Waals surface area contributed by atoms with E-state index in [1.165, 1.54) is 7.11 Å². The predicted molar refractivity (Wildman–Crippen MR) is 84.7 cm³/mol. The third-order valence-corrected chi connectivity index (χ3v) is 4.39. The number of thiocarbonyl (C=S) groups is 1. The summed E-state index contributed by atoms with van der Waals surface area (Å²) in [5.74, 6) is -0.303. The molecule has 0 heterocycles. The molecule has 4 N–H and O–H groups in total. The molecule has 1 aliphatic rings. The third kappa shape index (κ3) is 3.10. The lowest BCUT2D eigenvalue weighted by Gasteiger charge is -2.37. The second kappa shape index (κ2) is 6.30. The number of phenolic OH excluding ortho intramolecular Hbond substituents is 1. The van der Waals surface area contributed by atoms with Crippen molar-refractivity contribution in [1.82, 2.24) is 5.32 Å². The minimum Gasteiger partial charge on any atom is -0.504 e. The first-order valence-corrected chi connectivity index (χ1v) is 7.39. The van der Waals surface area contributed by atoms with Crippen molar-refractivity contribution >= 4 is 23.1 Å². The molecule has 21 heavy (non-hydrogen) atoms. The van der Waals surface area contributed by atoms with Crippen LogP contribution in [0, 0.1) is 0 Å². The number of hydrogen-bond donors (Lipinski definition) is 3. The van der Waals surface area contributed by atoms with E-state index in [9.17, 15) is 9.90 Å². The number of hydrogen-bond acceptors (Lipinski definition) is 4. The Morgan fingerprint density at radius 3 is 2.62 bits per heavy atom. The van der Waals surface area contributed by atoms with Gasteiger partial charge in [-0.25, -0.2) is 0 Å². The van der Waals surface area contributed by atoms with Crippen molar-refractivity contribution in [2.45, 2.75) is 37.6 Å². The highest BCUT2D eigenvalue weighted by atomic mass is 32.1. The van der Waals surface area contributed by atoms with Gasteiger partial charge in [0, 0.05) is 0 Å². The summed E-state index contributed by atoms with van der Waals surface area (Å²) in [6, 6.07) is 4.79. The second-order valence-corrected chi connectivity index (χ2v) is 5.76. The fraction of sp³-hybridized carbons (Fsp3) is 0.467. The molecule has 114 valence electrons. The number of amides is 1. The van der Waals surface area contributed by atoms with Crippen LogP contribution in [0.3, 0.4) is 0 Å². The van der Waals surface area contributed by atoms with E-state index in [-0.39, 0.29) is 23.0 Å². The van der Waals surface area contributed by atoms with Crippen LogP contribution >= 0.6 is 12.2 Å². The SMILES string of the molecule is COc1cccc(C(=O)NC2(C(N)=S)CCCCC2)c1O. The van der Waals surface area contributed by atoms with E-state index in [1.54, 1.807) is 18.2 Å². The molecule has 6 heteroatoms. The van der Waals surface area contributed by atoms with Gasteiger partial charge < -0.3 is 20.9 Å². The fourth-order valence-electron chi connectivity index (χ4n) is 2.74. The minimum atomic E-state index is -0.653. The average Bonchev–Trinajstić information content (AvgIpc) is 2.48. The summed E-state index contributed by atoms with van der Waals surface area (Å²) in [6.45, 7) is 0. The smallest absolute Gasteiger partial charge is 0.255 e. The molecule has 5 nitrogen and oxygen atoms in total. The Kier molecular flexibility index (Phi) is 4.67. The first kappa shape index (κ1) is 15.6. The molecule has 1 saturated carbocycles. The maximum atomic E-state index is 12.5. The van der Waals surface area contributed by atoms with Crippen LogP contribution in [-0.2, 0) is 0 Å². The highest BCUT2D eigenvalue weighted by molar-refractivity contribution is 7.80. The lowest BCUT2D eigenvalue weighted by Crippen LogP contribution is -2.57. The van der Waals surface area contributed by atoms with Gasteiger partial charge in [-0.15, -0.1) is 0 Å². The van der Waals surface area contributed by atoms with Gasteiger partial charge in [0.1, 0.15) is 0 Å². The van der Waals surface area contributed by atoms with Crippen molar-refractivity contribution in [2.75, 3.05) is 7.11 Å². The van der Waals surface area contributed by atoms with Gasteiger partial charge in [-0.1, -0.05) is 37.5 Å². The van der Waals surface area contributed by atoms with Crippen LogP contribution in [-0.4, -0.2) is 28.7 Å². The van der Waals surface area contributed by atoms with Gasteiger partial charge in [-0.2, -0.15) is 0 Å². The first-order chi connectivity index (χ1) is 10.00. The Balaban J connectivity index is 2.26. The number of nitrogens with one attached hydrogen (secondary N) is 1. The van der Waals surface area contributed by atoms with Gasteiger partial charge in [0.2, 0.25) is 0 Å². The minimum absolute atomic E-state index is 0.163. The average molecular weight is 308 g/mol. The number of benzene rings is 1. The quantitative estimate of drug-likeness (QED) is 0.742. The van der Waals surface area contributed by atoms with Crippen LogP contribution in [0.25, 0.3) is 0 Å². The van der Waals surface area contributed by atoms with Crippen LogP contribution in [0.1, 0.15) is 42.5 Å². The fourth-order valence-corrected chi connectivity index (χ4v) is 3.00. The number of nitrogens with two attached hydrogens (primary N) is 1. The number of ether oxygens (including phenoxy) is 1. The van der Waals surface area contributed by atoms with E-state index in [1.807, 2.05) is 0 Å². The molecule has 0 bridgehead atoms. The number of methoxy groups -OCH3 is 1. The van der Waals surface area contributed by atoms with Crippen molar-refractivity contribution in [2.24, 2.45) is 5.73 Å². The summed E-state index contributed by atoms with van der Waals surface area (Å²) in [5, 5.41) is 13.0. The molecule has 0 saturated heterocycles. The molecule has 0 spiro atoms. The third-order valence-electron chi connectivity index (χ3n) is 4.00. The van der Waals surface area contributed by atoms with Crippen molar-refractivity contribution in [3.63, 3.8) is 0 Å². The molecule has 1 aromatic rings. The van der Waals surface area contributed by atoms with E-state index in [4.69, 9.17) is 22.7 Å². The number of rotatable bonds is 4. The molecular formula is C15H20N2O3S. The topological polar surface area (TPSA) is 84.6 Å². The summed E-state index contributed by atoms with van der Waals surface area (Å²) in [7, 11) is 1.44. The van der Waals surface area contributed by atoms with Gasteiger partial charge in [0.15, 0.2) is 11.5 Å². The summed E-state index contributed by atoms with van der Waals surface area (Å²) in [4.78, 5) is 12.8. The Hall–Kier alpha value is -1.82. The Morgan fingerprint density at radius 2 is 2.05 bits per heavy atom. The Labute approximate surface area is 129 Å². The normalized spacial score (nSPS) is 17.0. The molecule has 0 atom stereocenters. The van der Waals surface area contributed by atoms with E-state index >= 15 is 0 Å². The van der Waals surface area contributed by atoms with Crippen molar-refractivity contribution in [3.05, 3.63) is 23.8 Å². The van der Waals surface area contributed by atoms with Crippen LogP contribution < -0.4 is 15.8 Å². The van der Waals surface area contributed by atoms with Crippen LogP contribution in [0.4, 0.5) is 0 Å². The second-order valence-electron chi connectivity index (χ2n) is 5.32. The van der Waals surface area contributed by atoms with Gasteiger partial charge in [-0.3, -0.25) is 4.79 Å². The zero-order chi connectivity index (χ0) is 15.5. The van der Waals surface area contributed by atoms with Gasteiger partial charge in [-0.05, 0) is 25.0 Å². The highest BCUT2D eigenvalue weighted by Gasteiger charge is 2.37. The summed E-state index contributed by atoms with van der Waals surface area (Å²) < 4.78 is 5.02. The van der Waals surface area contributed by atoms with E-state index in [0.717, 1.165) is 32.1 Å². The molecular weight excluding hydrogens is 288 g/mol. The molecule has 0 unspecified atom stereocenters. The van der Waals surface area contributed by atoms with Gasteiger partial charge in [0.05, 0.1) is 23.2 Å². The first-order valence-electron chi connectivity index (χ1n) is 6.98. The lowest BCUT2D eigenvalue weighted by atomic mass is 9.81. The van der Waals surface area contributed by atoms with E-state index < -0.39 is 5.54 Å². The van der Waals surface area contributed by atoms with Crippen LogP contribution in [0.5, 0.6) is 11.5 Å². The zero-order valence-corrected chi connectivity index (χ0v) is 12.8. The van der Waals surface area contributed by atoms with E-state index in [0.29, 0.717) is 4.99 Å². The molecule has 0 radical (unpaired) electrons. The number of aromatic hydroxyl groups is 1. The maximum absolute atomic E-state index is 12.5. The molecule has 1 aliphatic carbocycles. The number of carbonyl (C=O) groups excluding carboxylic acids is 1. The molecule has 0 aromatic heterocycles. The van der Waals surface area contributed by atoms with Crippen LogP contribution in [0.15, 0.2) is 18.2 Å². The Bertz CT molecular complexity index is 554. The highest BCUT2D eigenvalue weighted by Crippen LogP contribution is 2.32. The largest absolute Gasteiger partial charge is 0.504 e. The summed E-state index contributed by atoms with van der Waals surface area (Å²) in [5.41, 5.74) is 5.36. The molecule has 2 rings (SSSR count). The standard InChI is InChI=1S/C15H20N2O3S/c1-20-11-7-5-6-10(12(11)18)13(19)17-15(14(16)21)8-3-2-4-9-15/h5-7,18H,2-4,8-9H2,1H3,(H2,16,21)(H,17,19). The maximum Gasteiger partial charge on any atom is 0.255 e. The molecule has 0 aliphatic heterocycles. The Morgan fingerprint density at radius 1 is 1.38 bits per heavy atom. The number of para-hydroxylation sites is 1. The molecule has 1 fully saturated rings. The zero-order valence-electron chi connectivity index (χ0n) is 12.0. The number of phenols is 1. The molecule has 1 aromatic carbocycles. The molecule has 1 amide bonds. The van der Waals surface area contributed by atoms with Gasteiger partial charge in [0.25, 0.3) is 5.91 Å². The van der Waals surface area contributed by atoms with Gasteiger partial charge >= 0.3 is 0 Å². The van der Waals surface area contributed by atoms with Crippen molar-refractivity contribution < 1.29 is 14.6 Å². The predicted octanol–water partition coefficient (Wildman–Crippen LogP) is 2.12.